The molecule has 1 aliphatic heterocycles. The van der Waals surface area contributed by atoms with Crippen molar-refractivity contribution >= 4 is 0 Å². The highest BCUT2D eigenvalue weighted by atomic mass is 16.6. The van der Waals surface area contributed by atoms with Gasteiger partial charge in [0.2, 0.25) is 0 Å². The minimum Gasteiger partial charge on any atom is -0.480 e. The Morgan fingerprint density at radius 2 is 2.60 bits per heavy atom. The summed E-state index contributed by atoms with van der Waals surface area (Å²) in [6.07, 6.45) is 6.80. The minimum absolute atomic E-state index is 0.240. The van der Waals surface area contributed by atoms with E-state index in [-0.39, 0.29) is 5.60 Å². The van der Waals surface area contributed by atoms with E-state index in [9.17, 15) is 0 Å². The predicted molar refractivity (Wildman–Crippen MR) is 38.3 cm³/mol. The first kappa shape index (κ1) is 5.00. The SMILES string of the molecule is C=CC1CC23CC1C=C2O3. The molecule has 1 saturated carbocycles. The third-order valence-corrected chi connectivity index (χ3v) is 3.06. The lowest BCUT2D eigenvalue weighted by molar-refractivity contribution is 0.305. The van der Waals surface area contributed by atoms with Gasteiger partial charge in [-0.05, 0) is 17.9 Å². The van der Waals surface area contributed by atoms with Gasteiger partial charge >= 0.3 is 0 Å². The van der Waals surface area contributed by atoms with Crippen LogP contribution in [0.3, 0.4) is 0 Å². The molecule has 1 saturated heterocycles. The minimum atomic E-state index is 0.240. The normalized spacial score (nSPS) is 53.4. The molecule has 1 nitrogen and oxygen atoms in total. The molecule has 3 rings (SSSR count). The molecule has 0 aromatic heterocycles. The van der Waals surface area contributed by atoms with Gasteiger partial charge < -0.3 is 4.74 Å². The summed E-state index contributed by atoms with van der Waals surface area (Å²) in [5.74, 6) is 2.74. The van der Waals surface area contributed by atoms with E-state index in [4.69, 9.17) is 4.74 Å². The summed E-state index contributed by atoms with van der Waals surface area (Å²) in [5, 5.41) is 0. The van der Waals surface area contributed by atoms with Crippen LogP contribution < -0.4 is 0 Å². The fourth-order valence-corrected chi connectivity index (χ4v) is 2.44. The van der Waals surface area contributed by atoms with E-state index in [0.717, 1.165) is 5.92 Å². The monoisotopic (exact) mass is 134 g/mol. The number of hydrogen-bond donors (Lipinski definition) is 0. The molecule has 1 spiro atoms. The second kappa shape index (κ2) is 1.18. The summed E-state index contributed by atoms with van der Waals surface area (Å²) in [5.41, 5.74) is 0.240. The fourth-order valence-electron chi connectivity index (χ4n) is 2.44. The van der Waals surface area contributed by atoms with Crippen LogP contribution in [-0.2, 0) is 4.74 Å². The van der Waals surface area contributed by atoms with Crippen molar-refractivity contribution in [1.82, 2.24) is 0 Å². The highest BCUT2D eigenvalue weighted by molar-refractivity contribution is 5.38. The zero-order valence-electron chi connectivity index (χ0n) is 5.84. The van der Waals surface area contributed by atoms with Crippen LogP contribution >= 0.6 is 0 Å². The molecule has 2 fully saturated rings. The Hall–Kier alpha value is -0.720. The Balaban J connectivity index is 2.03. The largest absolute Gasteiger partial charge is 0.480 e. The highest BCUT2D eigenvalue weighted by Gasteiger charge is 2.64. The maximum atomic E-state index is 5.48. The molecule has 3 atom stereocenters. The van der Waals surface area contributed by atoms with Gasteiger partial charge in [-0.15, -0.1) is 6.58 Å². The number of allylic oxidation sites excluding steroid dienone is 2. The molecule has 3 unspecified atom stereocenters. The first-order valence-electron chi connectivity index (χ1n) is 3.88. The second-order valence-electron chi connectivity index (χ2n) is 3.60. The van der Waals surface area contributed by atoms with Crippen molar-refractivity contribution in [3.8, 4) is 0 Å². The first-order chi connectivity index (χ1) is 4.84. The van der Waals surface area contributed by atoms with Crippen LogP contribution in [0.4, 0.5) is 0 Å². The van der Waals surface area contributed by atoms with E-state index in [1.54, 1.807) is 0 Å². The molecule has 52 valence electrons. The Morgan fingerprint density at radius 1 is 1.70 bits per heavy atom. The van der Waals surface area contributed by atoms with Crippen LogP contribution in [0.1, 0.15) is 12.8 Å². The smallest absolute Gasteiger partial charge is 0.166 e. The average molecular weight is 134 g/mol. The van der Waals surface area contributed by atoms with Gasteiger partial charge in [-0.3, -0.25) is 0 Å². The summed E-state index contributed by atoms with van der Waals surface area (Å²) < 4.78 is 5.48. The topological polar surface area (TPSA) is 12.5 Å². The fraction of sp³-hybridized carbons (Fsp3) is 0.556. The van der Waals surface area contributed by atoms with Crippen molar-refractivity contribution < 1.29 is 4.74 Å². The standard InChI is InChI=1S/C9H10O/c1-2-6-4-9-5-7(6)3-8(9)10-9/h2-3,6-7H,1,4-5H2. The Labute approximate surface area is 60.4 Å². The van der Waals surface area contributed by atoms with Crippen LogP contribution in [0, 0.1) is 11.8 Å². The molecule has 0 radical (unpaired) electrons. The van der Waals surface area contributed by atoms with Crippen molar-refractivity contribution in [2.24, 2.45) is 11.8 Å². The molecule has 3 aliphatic rings. The quantitative estimate of drug-likeness (QED) is 0.394. The molecule has 2 bridgehead atoms. The molecule has 0 amide bonds. The summed E-state index contributed by atoms with van der Waals surface area (Å²) in [6.45, 7) is 3.83. The van der Waals surface area contributed by atoms with E-state index >= 15 is 0 Å². The van der Waals surface area contributed by atoms with Gasteiger partial charge in [-0.2, -0.15) is 0 Å². The summed E-state index contributed by atoms with van der Waals surface area (Å²) in [7, 11) is 0. The average Bonchev–Trinajstić information content (AvgIpc) is 2.34. The third-order valence-electron chi connectivity index (χ3n) is 3.06. The Kier molecular flexibility index (Phi) is 0.590. The number of ether oxygens (including phenoxy) is 1. The maximum Gasteiger partial charge on any atom is 0.166 e. The molecule has 2 aliphatic carbocycles. The van der Waals surface area contributed by atoms with Gasteiger partial charge in [0.15, 0.2) is 5.60 Å². The van der Waals surface area contributed by atoms with Gasteiger partial charge in [0.05, 0.1) is 0 Å². The molecular formula is C9H10O. The van der Waals surface area contributed by atoms with Gasteiger partial charge in [0, 0.05) is 12.8 Å². The van der Waals surface area contributed by atoms with E-state index < -0.39 is 0 Å². The van der Waals surface area contributed by atoms with E-state index in [1.807, 2.05) is 0 Å². The molecule has 0 aromatic rings. The van der Waals surface area contributed by atoms with Gasteiger partial charge in [0.25, 0.3) is 0 Å². The van der Waals surface area contributed by atoms with Crippen LogP contribution in [0.15, 0.2) is 24.5 Å². The number of rotatable bonds is 1. The van der Waals surface area contributed by atoms with Crippen molar-refractivity contribution in [1.29, 1.82) is 0 Å². The molecule has 10 heavy (non-hydrogen) atoms. The first-order valence-corrected chi connectivity index (χ1v) is 3.88. The highest BCUT2D eigenvalue weighted by Crippen LogP contribution is 2.63. The Morgan fingerprint density at radius 3 is 3.10 bits per heavy atom. The Bertz CT molecular complexity index is 241. The van der Waals surface area contributed by atoms with Crippen molar-refractivity contribution in [2.45, 2.75) is 18.4 Å². The molecule has 0 aromatic carbocycles. The lowest BCUT2D eigenvalue weighted by Crippen LogP contribution is -2.04. The molecule has 1 heteroatoms. The zero-order chi connectivity index (χ0) is 6.77. The van der Waals surface area contributed by atoms with Crippen LogP contribution in [-0.4, -0.2) is 5.60 Å². The van der Waals surface area contributed by atoms with Crippen molar-refractivity contribution in [3.05, 3.63) is 24.5 Å². The van der Waals surface area contributed by atoms with Gasteiger partial charge in [0.1, 0.15) is 5.76 Å². The summed E-state index contributed by atoms with van der Waals surface area (Å²) in [4.78, 5) is 0. The predicted octanol–water partition coefficient (Wildman–Crippen LogP) is 1.87. The van der Waals surface area contributed by atoms with Gasteiger partial charge in [-0.1, -0.05) is 6.08 Å². The van der Waals surface area contributed by atoms with Crippen molar-refractivity contribution in [2.75, 3.05) is 0 Å². The van der Waals surface area contributed by atoms with Gasteiger partial charge in [-0.25, -0.2) is 0 Å². The molecule has 0 N–H and O–H groups in total. The lowest BCUT2D eigenvalue weighted by Gasteiger charge is -2.08. The number of fused-ring (bicyclic) bond motifs is 1. The van der Waals surface area contributed by atoms with E-state index in [0.29, 0.717) is 5.92 Å². The molecule has 1 heterocycles. The van der Waals surface area contributed by atoms with Crippen LogP contribution in [0.2, 0.25) is 0 Å². The maximum absolute atomic E-state index is 5.48. The second-order valence-corrected chi connectivity index (χ2v) is 3.60. The van der Waals surface area contributed by atoms with E-state index in [1.165, 1.54) is 18.6 Å². The summed E-state index contributed by atoms with van der Waals surface area (Å²) >= 11 is 0. The molecular weight excluding hydrogens is 124 g/mol. The summed E-state index contributed by atoms with van der Waals surface area (Å²) in [6, 6.07) is 0. The van der Waals surface area contributed by atoms with Crippen molar-refractivity contribution in [3.63, 3.8) is 0 Å². The third kappa shape index (κ3) is 0.359. The lowest BCUT2D eigenvalue weighted by atomic mass is 9.94. The number of hydrogen-bond acceptors (Lipinski definition) is 1. The number of epoxide rings is 1. The van der Waals surface area contributed by atoms with Crippen LogP contribution in [0.5, 0.6) is 0 Å². The van der Waals surface area contributed by atoms with Crippen LogP contribution in [0.25, 0.3) is 0 Å². The zero-order valence-corrected chi connectivity index (χ0v) is 5.84. The van der Waals surface area contributed by atoms with E-state index in [2.05, 4.69) is 18.7 Å².